The molecule has 3 nitrogen and oxygen atoms in total. The van der Waals surface area contributed by atoms with Gasteiger partial charge in [0.15, 0.2) is 0 Å². The lowest BCUT2D eigenvalue weighted by molar-refractivity contribution is 1.17. The molecule has 0 radical (unpaired) electrons. The highest BCUT2D eigenvalue weighted by Crippen LogP contribution is 2.47. The van der Waals surface area contributed by atoms with Crippen LogP contribution < -0.4 is 4.90 Å². The van der Waals surface area contributed by atoms with Crippen molar-refractivity contribution in [3.8, 4) is 16.8 Å². The molecule has 0 aliphatic rings. The third kappa shape index (κ3) is 3.89. The Balaban J connectivity index is 1.09. The zero-order valence-corrected chi connectivity index (χ0v) is 27.1. The summed E-state index contributed by atoms with van der Waals surface area (Å²) in [5, 5.41) is 11.4. The van der Waals surface area contributed by atoms with Gasteiger partial charge in [0.25, 0.3) is 0 Å². The number of para-hydroxylation sites is 1. The number of benzene rings is 9. The molecule has 2 heterocycles. The molecule has 0 spiro atoms. The molecule has 11 aromatic rings. The fraction of sp³-hybridized carbons (Fsp3) is 0. The molecule has 0 fully saturated rings. The maximum Gasteiger partial charge on any atom is 0.0793 e. The second-order valence-corrected chi connectivity index (χ2v) is 13.2. The van der Waals surface area contributed by atoms with E-state index in [1.807, 2.05) is 6.20 Å². The van der Waals surface area contributed by atoms with Crippen LogP contribution in [-0.2, 0) is 0 Å². The van der Waals surface area contributed by atoms with Gasteiger partial charge >= 0.3 is 0 Å². The summed E-state index contributed by atoms with van der Waals surface area (Å²) in [6, 6.07) is 61.6. The number of hydrogen-bond donors (Lipinski definition) is 0. The predicted octanol–water partition coefficient (Wildman–Crippen LogP) is 12.8. The lowest BCUT2D eigenvalue weighted by atomic mass is 9.92. The van der Waals surface area contributed by atoms with Gasteiger partial charge in [0.2, 0.25) is 0 Å². The van der Waals surface area contributed by atoms with Gasteiger partial charge in [-0.15, -0.1) is 0 Å². The molecule has 0 unspecified atom stereocenters. The molecule has 0 saturated heterocycles. The van der Waals surface area contributed by atoms with Gasteiger partial charge in [0, 0.05) is 55.9 Å². The van der Waals surface area contributed by atoms with Crippen molar-refractivity contribution in [1.82, 2.24) is 9.55 Å². The first kappa shape index (κ1) is 27.3. The molecule has 3 heteroatoms. The fourth-order valence-corrected chi connectivity index (χ4v) is 8.28. The molecular weight excluding hydrogens is 607 g/mol. The molecule has 0 N–H and O–H groups in total. The van der Waals surface area contributed by atoms with Crippen molar-refractivity contribution in [2.75, 3.05) is 4.90 Å². The molecule has 11 rings (SSSR count). The Morgan fingerprint density at radius 2 is 1.08 bits per heavy atom. The van der Waals surface area contributed by atoms with E-state index in [-0.39, 0.29) is 0 Å². The second kappa shape index (κ2) is 10.4. The number of rotatable bonds is 5. The number of fused-ring (bicyclic) bond motifs is 2. The molecule has 0 amide bonds. The van der Waals surface area contributed by atoms with Gasteiger partial charge in [-0.25, -0.2) is 0 Å². The second-order valence-electron chi connectivity index (χ2n) is 13.2. The van der Waals surface area contributed by atoms with Gasteiger partial charge in [-0.1, -0.05) is 103 Å². The van der Waals surface area contributed by atoms with Crippen LogP contribution in [0.2, 0.25) is 0 Å². The standard InChI is InChI=1S/C47H29N3/c1-2-10-36(11-3-1)49(37-23-20-31(21-24-37)35-19-16-30-8-4-5-9-34(30)28-35)38-12-6-13-39(29-38)50-41-15-7-14-40-45(41)46-42(50)25-22-32-17-18-33-26-27-48-47(40)44(33)43(32)46/h1-29H. The number of aromatic nitrogens is 2. The summed E-state index contributed by atoms with van der Waals surface area (Å²) in [5.41, 5.74) is 10.3. The third-order valence-electron chi connectivity index (χ3n) is 10.5. The van der Waals surface area contributed by atoms with E-state index in [2.05, 4.69) is 179 Å². The minimum atomic E-state index is 1.08. The van der Waals surface area contributed by atoms with Crippen molar-refractivity contribution in [1.29, 1.82) is 0 Å². The fourth-order valence-electron chi connectivity index (χ4n) is 8.28. The summed E-state index contributed by atoms with van der Waals surface area (Å²) >= 11 is 0. The highest BCUT2D eigenvalue weighted by atomic mass is 15.1. The van der Waals surface area contributed by atoms with Gasteiger partial charge in [0.05, 0.1) is 16.6 Å². The molecule has 232 valence electrons. The molecule has 0 aliphatic heterocycles. The molecule has 0 bridgehead atoms. The van der Waals surface area contributed by atoms with Gasteiger partial charge in [-0.2, -0.15) is 0 Å². The quantitative estimate of drug-likeness (QED) is 0.139. The van der Waals surface area contributed by atoms with Crippen molar-refractivity contribution in [3.05, 3.63) is 176 Å². The first-order chi connectivity index (χ1) is 24.8. The zero-order chi connectivity index (χ0) is 32.8. The highest BCUT2D eigenvalue weighted by Gasteiger charge is 2.23. The van der Waals surface area contributed by atoms with Gasteiger partial charge < -0.3 is 9.47 Å². The summed E-state index contributed by atoms with van der Waals surface area (Å²) in [5.74, 6) is 0. The molecule has 0 atom stereocenters. The van der Waals surface area contributed by atoms with E-state index in [1.54, 1.807) is 0 Å². The molecule has 0 aliphatic carbocycles. The van der Waals surface area contributed by atoms with Crippen LogP contribution in [0.4, 0.5) is 17.1 Å². The van der Waals surface area contributed by atoms with Crippen molar-refractivity contribution in [2.45, 2.75) is 0 Å². The van der Waals surface area contributed by atoms with Gasteiger partial charge in [-0.05, 0) is 99.4 Å². The SMILES string of the molecule is c1ccc(N(c2ccc(-c3ccc4ccccc4c3)cc2)c2cccc(-n3c4cccc5c6nccc7ccc8ccc3c(c8c76)c54)c2)cc1. The first-order valence-electron chi connectivity index (χ1n) is 17.1. The lowest BCUT2D eigenvalue weighted by Crippen LogP contribution is -2.10. The van der Waals surface area contributed by atoms with E-state index < -0.39 is 0 Å². The van der Waals surface area contributed by atoms with E-state index in [9.17, 15) is 0 Å². The van der Waals surface area contributed by atoms with Crippen molar-refractivity contribution in [3.63, 3.8) is 0 Å². The van der Waals surface area contributed by atoms with E-state index in [0.29, 0.717) is 0 Å². The van der Waals surface area contributed by atoms with Crippen LogP contribution in [0.3, 0.4) is 0 Å². The zero-order valence-electron chi connectivity index (χ0n) is 27.1. The average Bonchev–Trinajstić information content (AvgIpc) is 3.53. The first-order valence-corrected chi connectivity index (χ1v) is 17.1. The van der Waals surface area contributed by atoms with Crippen LogP contribution in [-0.4, -0.2) is 9.55 Å². The smallest absolute Gasteiger partial charge is 0.0793 e. The molecule has 9 aromatic carbocycles. The molecule has 50 heavy (non-hydrogen) atoms. The van der Waals surface area contributed by atoms with Crippen LogP contribution in [0.15, 0.2) is 176 Å². The topological polar surface area (TPSA) is 21.1 Å². The van der Waals surface area contributed by atoms with Gasteiger partial charge in [0.1, 0.15) is 0 Å². The minimum absolute atomic E-state index is 1.08. The van der Waals surface area contributed by atoms with E-state index in [1.165, 1.54) is 70.6 Å². The van der Waals surface area contributed by atoms with Crippen molar-refractivity contribution < 1.29 is 0 Å². The molecular formula is C47H29N3. The summed E-state index contributed by atoms with van der Waals surface area (Å²) < 4.78 is 2.44. The maximum absolute atomic E-state index is 4.94. The lowest BCUT2D eigenvalue weighted by Gasteiger charge is -2.26. The normalized spacial score (nSPS) is 12.0. The number of anilines is 3. The van der Waals surface area contributed by atoms with Crippen LogP contribution >= 0.6 is 0 Å². The average molecular weight is 636 g/mol. The third-order valence-corrected chi connectivity index (χ3v) is 10.5. The van der Waals surface area contributed by atoms with Crippen LogP contribution in [0, 0.1) is 0 Å². The maximum atomic E-state index is 4.94. The Morgan fingerprint density at radius 3 is 1.96 bits per heavy atom. The predicted molar refractivity (Wildman–Crippen MR) is 211 cm³/mol. The molecule has 0 saturated carbocycles. The number of pyridine rings is 1. The summed E-state index contributed by atoms with van der Waals surface area (Å²) in [6.45, 7) is 0. The van der Waals surface area contributed by atoms with Crippen LogP contribution in [0.1, 0.15) is 0 Å². The monoisotopic (exact) mass is 635 g/mol. The Morgan fingerprint density at radius 1 is 0.400 bits per heavy atom. The minimum Gasteiger partial charge on any atom is -0.310 e. The van der Waals surface area contributed by atoms with Crippen molar-refractivity contribution in [2.24, 2.45) is 0 Å². The summed E-state index contributed by atoms with van der Waals surface area (Å²) in [6.07, 6.45) is 1.94. The Kier molecular flexibility index (Phi) is 5.67. The van der Waals surface area contributed by atoms with E-state index in [0.717, 1.165) is 28.3 Å². The highest BCUT2D eigenvalue weighted by molar-refractivity contribution is 6.39. The van der Waals surface area contributed by atoms with E-state index in [4.69, 9.17) is 4.98 Å². The van der Waals surface area contributed by atoms with Crippen LogP contribution in [0.25, 0.3) is 81.8 Å². The Hall–Kier alpha value is -6.71. The summed E-state index contributed by atoms with van der Waals surface area (Å²) in [4.78, 5) is 7.29. The van der Waals surface area contributed by atoms with Crippen molar-refractivity contribution >= 4 is 82.1 Å². The van der Waals surface area contributed by atoms with E-state index >= 15 is 0 Å². The van der Waals surface area contributed by atoms with Gasteiger partial charge in [-0.3, -0.25) is 4.98 Å². The Labute approximate surface area is 288 Å². The van der Waals surface area contributed by atoms with Crippen LogP contribution in [0.5, 0.6) is 0 Å². The molecule has 2 aromatic heterocycles. The number of hydrogen-bond acceptors (Lipinski definition) is 2. The Bertz CT molecular complexity index is 3030. The largest absolute Gasteiger partial charge is 0.310 e. The number of nitrogens with zero attached hydrogens (tertiary/aromatic N) is 3. The summed E-state index contributed by atoms with van der Waals surface area (Å²) in [7, 11) is 0.